The van der Waals surface area contributed by atoms with Crippen LogP contribution in [0.15, 0.2) is 36.4 Å². The number of anilines is 1. The SMILES string of the molecule is Cc1ccc(C(=O)Nc2ccccc2CN)s1. The van der Waals surface area contributed by atoms with Crippen LogP contribution in [-0.2, 0) is 6.54 Å². The minimum Gasteiger partial charge on any atom is -0.326 e. The molecule has 0 spiro atoms. The van der Waals surface area contributed by atoms with E-state index in [1.165, 1.54) is 11.3 Å². The number of hydrogen-bond acceptors (Lipinski definition) is 3. The third-order valence-corrected chi connectivity index (χ3v) is 3.45. The first-order chi connectivity index (χ1) is 8.20. The number of rotatable bonds is 3. The average molecular weight is 246 g/mol. The second-order valence-electron chi connectivity index (χ2n) is 3.73. The molecular weight excluding hydrogens is 232 g/mol. The van der Waals surface area contributed by atoms with Crippen molar-refractivity contribution in [1.82, 2.24) is 0 Å². The number of para-hydroxylation sites is 1. The topological polar surface area (TPSA) is 55.1 Å². The Balaban J connectivity index is 2.18. The van der Waals surface area contributed by atoms with Crippen molar-refractivity contribution in [2.45, 2.75) is 13.5 Å². The Hall–Kier alpha value is -1.65. The highest BCUT2D eigenvalue weighted by Crippen LogP contribution is 2.19. The number of carbonyl (C=O) groups is 1. The van der Waals surface area contributed by atoms with Crippen molar-refractivity contribution in [2.75, 3.05) is 5.32 Å². The molecule has 0 bridgehead atoms. The first-order valence-corrected chi connectivity index (χ1v) is 6.18. The zero-order valence-corrected chi connectivity index (χ0v) is 10.4. The number of hydrogen-bond donors (Lipinski definition) is 2. The predicted molar refractivity (Wildman–Crippen MR) is 71.3 cm³/mol. The number of amides is 1. The lowest BCUT2D eigenvalue weighted by molar-refractivity contribution is 0.103. The normalized spacial score (nSPS) is 10.2. The van der Waals surface area contributed by atoms with Gasteiger partial charge in [0, 0.05) is 17.1 Å². The summed E-state index contributed by atoms with van der Waals surface area (Å²) >= 11 is 1.49. The van der Waals surface area contributed by atoms with Crippen molar-refractivity contribution in [3.8, 4) is 0 Å². The van der Waals surface area contributed by atoms with Gasteiger partial charge >= 0.3 is 0 Å². The van der Waals surface area contributed by atoms with Gasteiger partial charge in [0.05, 0.1) is 4.88 Å². The third-order valence-electron chi connectivity index (χ3n) is 2.45. The Bertz CT molecular complexity index is 534. The number of aryl methyl sites for hydroxylation is 1. The summed E-state index contributed by atoms with van der Waals surface area (Å²) in [6.45, 7) is 2.40. The van der Waals surface area contributed by atoms with Gasteiger partial charge in [0.2, 0.25) is 0 Å². The molecular formula is C13H14N2OS. The van der Waals surface area contributed by atoms with Gasteiger partial charge in [-0.05, 0) is 30.7 Å². The van der Waals surface area contributed by atoms with Crippen molar-refractivity contribution in [3.05, 3.63) is 51.7 Å². The van der Waals surface area contributed by atoms with Crippen LogP contribution in [-0.4, -0.2) is 5.91 Å². The quantitative estimate of drug-likeness (QED) is 0.875. The Labute approximate surface area is 104 Å². The number of nitrogens with two attached hydrogens (primary N) is 1. The van der Waals surface area contributed by atoms with Crippen LogP contribution in [0, 0.1) is 6.92 Å². The average Bonchev–Trinajstić information content (AvgIpc) is 2.77. The highest BCUT2D eigenvalue weighted by molar-refractivity contribution is 7.14. The molecule has 0 fully saturated rings. The lowest BCUT2D eigenvalue weighted by Crippen LogP contribution is -2.12. The smallest absolute Gasteiger partial charge is 0.265 e. The molecule has 0 aliphatic carbocycles. The van der Waals surface area contributed by atoms with E-state index in [9.17, 15) is 4.79 Å². The Morgan fingerprint density at radius 2 is 2.06 bits per heavy atom. The summed E-state index contributed by atoms with van der Waals surface area (Å²) in [6, 6.07) is 11.3. The molecule has 0 atom stereocenters. The van der Waals surface area contributed by atoms with E-state index in [2.05, 4.69) is 5.32 Å². The molecule has 1 amide bonds. The highest BCUT2D eigenvalue weighted by atomic mass is 32.1. The van der Waals surface area contributed by atoms with Gasteiger partial charge in [0.1, 0.15) is 0 Å². The molecule has 0 radical (unpaired) electrons. The Kier molecular flexibility index (Phi) is 3.56. The highest BCUT2D eigenvalue weighted by Gasteiger charge is 2.09. The fraction of sp³-hybridized carbons (Fsp3) is 0.154. The van der Waals surface area contributed by atoms with Crippen molar-refractivity contribution in [1.29, 1.82) is 0 Å². The second kappa shape index (κ2) is 5.12. The van der Waals surface area contributed by atoms with E-state index in [-0.39, 0.29) is 5.91 Å². The zero-order chi connectivity index (χ0) is 12.3. The molecule has 2 rings (SSSR count). The van der Waals surface area contributed by atoms with Gasteiger partial charge in [-0.3, -0.25) is 4.79 Å². The Morgan fingerprint density at radius 3 is 2.71 bits per heavy atom. The zero-order valence-electron chi connectivity index (χ0n) is 9.57. The molecule has 0 aliphatic rings. The van der Waals surface area contributed by atoms with Crippen molar-refractivity contribution >= 4 is 22.9 Å². The maximum atomic E-state index is 12.0. The summed E-state index contributed by atoms with van der Waals surface area (Å²) in [6.07, 6.45) is 0. The van der Waals surface area contributed by atoms with E-state index in [4.69, 9.17) is 5.73 Å². The maximum Gasteiger partial charge on any atom is 0.265 e. The van der Waals surface area contributed by atoms with E-state index in [1.807, 2.05) is 43.3 Å². The molecule has 3 nitrogen and oxygen atoms in total. The lowest BCUT2D eigenvalue weighted by Gasteiger charge is -2.08. The molecule has 17 heavy (non-hydrogen) atoms. The standard InChI is InChI=1S/C13H14N2OS/c1-9-6-7-12(17-9)13(16)15-11-5-3-2-4-10(11)8-14/h2-7H,8,14H2,1H3,(H,15,16). The summed E-state index contributed by atoms with van der Waals surface area (Å²) < 4.78 is 0. The number of benzene rings is 1. The summed E-state index contributed by atoms with van der Waals surface area (Å²) in [5.41, 5.74) is 7.34. The molecule has 2 aromatic rings. The van der Waals surface area contributed by atoms with Gasteiger partial charge in [0.25, 0.3) is 5.91 Å². The van der Waals surface area contributed by atoms with Crippen LogP contribution in [0.3, 0.4) is 0 Å². The third kappa shape index (κ3) is 2.72. The van der Waals surface area contributed by atoms with Crippen LogP contribution in [0.4, 0.5) is 5.69 Å². The molecule has 1 aromatic heterocycles. The number of nitrogens with one attached hydrogen (secondary N) is 1. The first-order valence-electron chi connectivity index (χ1n) is 5.36. The molecule has 0 unspecified atom stereocenters. The van der Waals surface area contributed by atoms with E-state index in [0.29, 0.717) is 11.4 Å². The summed E-state index contributed by atoms with van der Waals surface area (Å²) in [5, 5.41) is 2.88. The molecule has 1 aromatic carbocycles. The van der Waals surface area contributed by atoms with Crippen LogP contribution in [0.2, 0.25) is 0 Å². The summed E-state index contributed by atoms with van der Waals surface area (Å²) in [5.74, 6) is -0.0796. The van der Waals surface area contributed by atoms with Crippen LogP contribution >= 0.6 is 11.3 Å². The Morgan fingerprint density at radius 1 is 1.29 bits per heavy atom. The number of carbonyl (C=O) groups excluding carboxylic acids is 1. The fourth-order valence-corrected chi connectivity index (χ4v) is 2.32. The van der Waals surface area contributed by atoms with E-state index in [0.717, 1.165) is 16.1 Å². The van der Waals surface area contributed by atoms with Crippen molar-refractivity contribution in [3.63, 3.8) is 0 Å². The second-order valence-corrected chi connectivity index (χ2v) is 5.01. The lowest BCUT2D eigenvalue weighted by atomic mass is 10.2. The van der Waals surface area contributed by atoms with Crippen LogP contribution in [0.5, 0.6) is 0 Å². The minimum atomic E-state index is -0.0796. The van der Waals surface area contributed by atoms with Gasteiger partial charge in [-0.2, -0.15) is 0 Å². The fourth-order valence-electron chi connectivity index (χ4n) is 1.56. The largest absolute Gasteiger partial charge is 0.326 e. The summed E-state index contributed by atoms with van der Waals surface area (Å²) in [7, 11) is 0. The van der Waals surface area contributed by atoms with Crippen LogP contribution < -0.4 is 11.1 Å². The van der Waals surface area contributed by atoms with Crippen LogP contribution in [0.25, 0.3) is 0 Å². The summed E-state index contributed by atoms with van der Waals surface area (Å²) in [4.78, 5) is 13.8. The van der Waals surface area contributed by atoms with Gasteiger partial charge in [-0.15, -0.1) is 11.3 Å². The van der Waals surface area contributed by atoms with Gasteiger partial charge in [-0.25, -0.2) is 0 Å². The predicted octanol–water partition coefficient (Wildman–Crippen LogP) is 2.77. The molecule has 88 valence electrons. The molecule has 0 aliphatic heterocycles. The van der Waals surface area contributed by atoms with Crippen molar-refractivity contribution in [2.24, 2.45) is 5.73 Å². The van der Waals surface area contributed by atoms with Crippen LogP contribution in [0.1, 0.15) is 20.1 Å². The number of thiophene rings is 1. The minimum absolute atomic E-state index is 0.0796. The molecule has 0 saturated heterocycles. The van der Waals surface area contributed by atoms with Gasteiger partial charge in [-0.1, -0.05) is 18.2 Å². The molecule has 0 saturated carbocycles. The van der Waals surface area contributed by atoms with E-state index in [1.54, 1.807) is 0 Å². The molecule has 4 heteroatoms. The van der Waals surface area contributed by atoms with E-state index < -0.39 is 0 Å². The molecule has 3 N–H and O–H groups in total. The van der Waals surface area contributed by atoms with E-state index >= 15 is 0 Å². The first kappa shape index (κ1) is 11.8. The molecule has 1 heterocycles. The van der Waals surface area contributed by atoms with Crippen molar-refractivity contribution < 1.29 is 4.79 Å². The van der Waals surface area contributed by atoms with Gasteiger partial charge in [0.15, 0.2) is 0 Å². The maximum absolute atomic E-state index is 12.0. The van der Waals surface area contributed by atoms with Gasteiger partial charge < -0.3 is 11.1 Å². The monoisotopic (exact) mass is 246 g/mol.